The Kier molecular flexibility index (Phi) is 2.88. The standard InChI is InChI=1S/C16H13NO2/c18-15(13-7-2-1-3-8-13)16(19)17-11-10-12-6-4-5-9-14(12)17/h1-9H,10-11H2. The number of ketones is 1. The Morgan fingerprint density at radius 2 is 1.58 bits per heavy atom. The Morgan fingerprint density at radius 1 is 0.895 bits per heavy atom. The van der Waals surface area contributed by atoms with E-state index in [1.54, 1.807) is 29.2 Å². The number of amides is 1. The number of anilines is 1. The van der Waals surface area contributed by atoms with E-state index in [0.29, 0.717) is 12.1 Å². The molecule has 1 aliphatic heterocycles. The van der Waals surface area contributed by atoms with Gasteiger partial charge in [-0.1, -0.05) is 48.5 Å². The quantitative estimate of drug-likeness (QED) is 0.607. The van der Waals surface area contributed by atoms with E-state index < -0.39 is 11.7 Å². The van der Waals surface area contributed by atoms with Gasteiger partial charge in [0, 0.05) is 17.8 Å². The molecule has 0 bridgehead atoms. The molecule has 19 heavy (non-hydrogen) atoms. The maximum absolute atomic E-state index is 12.3. The van der Waals surface area contributed by atoms with Gasteiger partial charge in [-0.2, -0.15) is 0 Å². The first-order valence-electron chi connectivity index (χ1n) is 6.26. The summed E-state index contributed by atoms with van der Waals surface area (Å²) in [6, 6.07) is 16.4. The van der Waals surface area contributed by atoms with Crippen molar-refractivity contribution in [2.24, 2.45) is 0 Å². The van der Waals surface area contributed by atoms with Crippen molar-refractivity contribution in [3.8, 4) is 0 Å². The van der Waals surface area contributed by atoms with Crippen molar-refractivity contribution in [2.75, 3.05) is 11.4 Å². The molecule has 0 saturated carbocycles. The first-order valence-corrected chi connectivity index (χ1v) is 6.26. The van der Waals surface area contributed by atoms with Gasteiger partial charge in [-0.25, -0.2) is 0 Å². The molecule has 1 heterocycles. The predicted molar refractivity (Wildman–Crippen MR) is 73.3 cm³/mol. The normalized spacial score (nSPS) is 13.2. The molecule has 1 aliphatic rings. The van der Waals surface area contributed by atoms with Gasteiger partial charge in [-0.05, 0) is 18.1 Å². The molecule has 0 unspecified atom stereocenters. The second-order valence-electron chi connectivity index (χ2n) is 4.53. The Labute approximate surface area is 111 Å². The fourth-order valence-electron chi connectivity index (χ4n) is 2.38. The number of benzene rings is 2. The average molecular weight is 251 g/mol. The summed E-state index contributed by atoms with van der Waals surface area (Å²) in [7, 11) is 0. The number of hydrogen-bond donors (Lipinski definition) is 0. The molecule has 0 saturated heterocycles. The zero-order valence-electron chi connectivity index (χ0n) is 10.4. The van der Waals surface area contributed by atoms with Crippen LogP contribution in [0.5, 0.6) is 0 Å². The van der Waals surface area contributed by atoms with Gasteiger partial charge in [0.1, 0.15) is 0 Å². The maximum atomic E-state index is 12.3. The van der Waals surface area contributed by atoms with Crippen molar-refractivity contribution in [3.63, 3.8) is 0 Å². The van der Waals surface area contributed by atoms with Gasteiger partial charge in [0.25, 0.3) is 11.7 Å². The Morgan fingerprint density at radius 3 is 2.37 bits per heavy atom. The van der Waals surface area contributed by atoms with E-state index in [1.165, 1.54) is 0 Å². The number of para-hydroxylation sites is 1. The minimum absolute atomic E-state index is 0.442. The summed E-state index contributed by atoms with van der Waals surface area (Å²) in [5, 5.41) is 0. The predicted octanol–water partition coefficient (Wildman–Crippen LogP) is 2.46. The highest BCUT2D eigenvalue weighted by molar-refractivity contribution is 6.47. The average Bonchev–Trinajstić information content (AvgIpc) is 2.90. The Bertz CT molecular complexity index is 634. The molecule has 2 aromatic carbocycles. The fraction of sp³-hybridized carbons (Fsp3) is 0.125. The van der Waals surface area contributed by atoms with Crippen molar-refractivity contribution in [1.82, 2.24) is 0 Å². The third-order valence-electron chi connectivity index (χ3n) is 3.36. The van der Waals surface area contributed by atoms with E-state index in [4.69, 9.17) is 0 Å². The van der Waals surface area contributed by atoms with Crippen molar-refractivity contribution >= 4 is 17.4 Å². The van der Waals surface area contributed by atoms with Gasteiger partial charge in [-0.3, -0.25) is 9.59 Å². The molecule has 3 rings (SSSR count). The molecule has 0 fully saturated rings. The van der Waals surface area contributed by atoms with E-state index in [0.717, 1.165) is 17.7 Å². The smallest absolute Gasteiger partial charge is 0.299 e. The molecule has 3 nitrogen and oxygen atoms in total. The van der Waals surface area contributed by atoms with Crippen LogP contribution in [0.4, 0.5) is 5.69 Å². The number of fused-ring (bicyclic) bond motifs is 1. The van der Waals surface area contributed by atoms with Crippen LogP contribution in [0, 0.1) is 0 Å². The van der Waals surface area contributed by atoms with Gasteiger partial charge in [0.05, 0.1) is 0 Å². The van der Waals surface area contributed by atoms with E-state index in [2.05, 4.69) is 0 Å². The highest BCUT2D eigenvalue weighted by Gasteiger charge is 2.29. The molecule has 0 radical (unpaired) electrons. The number of hydrogen-bond acceptors (Lipinski definition) is 2. The van der Waals surface area contributed by atoms with Gasteiger partial charge < -0.3 is 4.90 Å². The lowest BCUT2D eigenvalue weighted by atomic mass is 10.1. The van der Waals surface area contributed by atoms with E-state index >= 15 is 0 Å². The molecule has 2 aromatic rings. The van der Waals surface area contributed by atoms with Gasteiger partial charge >= 0.3 is 0 Å². The van der Waals surface area contributed by atoms with Crippen LogP contribution < -0.4 is 4.90 Å². The van der Waals surface area contributed by atoms with Crippen LogP contribution >= 0.6 is 0 Å². The molecule has 0 aliphatic carbocycles. The van der Waals surface area contributed by atoms with E-state index in [1.807, 2.05) is 30.3 Å². The largest absolute Gasteiger partial charge is 0.305 e. The number of rotatable bonds is 2. The van der Waals surface area contributed by atoms with Crippen molar-refractivity contribution < 1.29 is 9.59 Å². The molecular formula is C16H13NO2. The lowest BCUT2D eigenvalue weighted by molar-refractivity contribution is -0.114. The SMILES string of the molecule is O=C(C(=O)N1CCc2ccccc21)c1ccccc1. The van der Waals surface area contributed by atoms with E-state index in [9.17, 15) is 9.59 Å². The zero-order valence-corrected chi connectivity index (χ0v) is 10.4. The van der Waals surface area contributed by atoms with Crippen molar-refractivity contribution in [3.05, 3.63) is 65.7 Å². The van der Waals surface area contributed by atoms with Crippen LogP contribution in [0.3, 0.4) is 0 Å². The second kappa shape index (κ2) is 4.69. The molecular weight excluding hydrogens is 238 g/mol. The first kappa shape index (κ1) is 11.7. The van der Waals surface area contributed by atoms with Gasteiger partial charge in [0.2, 0.25) is 0 Å². The molecule has 94 valence electrons. The van der Waals surface area contributed by atoms with Crippen LogP contribution in [0.15, 0.2) is 54.6 Å². The van der Waals surface area contributed by atoms with Crippen LogP contribution in [0.1, 0.15) is 15.9 Å². The summed E-state index contributed by atoms with van der Waals surface area (Å²) in [6.45, 7) is 0.580. The van der Waals surface area contributed by atoms with E-state index in [-0.39, 0.29) is 0 Å². The minimum atomic E-state index is -0.448. The second-order valence-corrected chi connectivity index (χ2v) is 4.53. The number of carbonyl (C=O) groups is 2. The highest BCUT2D eigenvalue weighted by Crippen LogP contribution is 2.27. The topological polar surface area (TPSA) is 37.4 Å². The lowest BCUT2D eigenvalue weighted by Crippen LogP contribution is -2.35. The molecule has 0 N–H and O–H groups in total. The molecule has 0 aromatic heterocycles. The third kappa shape index (κ3) is 2.03. The first-order chi connectivity index (χ1) is 9.27. The summed E-state index contributed by atoms with van der Waals surface area (Å²) in [5.41, 5.74) is 2.42. The zero-order chi connectivity index (χ0) is 13.2. The Hall–Kier alpha value is -2.42. The van der Waals surface area contributed by atoms with Crippen LogP contribution in [-0.2, 0) is 11.2 Å². The number of Topliss-reactive ketones (excluding diaryl/α,β-unsaturated/α-hetero) is 1. The monoisotopic (exact) mass is 251 g/mol. The van der Waals surface area contributed by atoms with Crippen LogP contribution in [0.2, 0.25) is 0 Å². The van der Waals surface area contributed by atoms with Crippen LogP contribution in [-0.4, -0.2) is 18.2 Å². The summed E-state index contributed by atoms with van der Waals surface area (Å²) in [5.74, 6) is -0.895. The summed E-state index contributed by atoms with van der Waals surface area (Å²) in [4.78, 5) is 26.0. The van der Waals surface area contributed by atoms with Gasteiger partial charge in [0.15, 0.2) is 0 Å². The maximum Gasteiger partial charge on any atom is 0.299 e. The molecule has 0 atom stereocenters. The molecule has 0 spiro atoms. The lowest BCUT2D eigenvalue weighted by Gasteiger charge is -2.16. The van der Waals surface area contributed by atoms with Gasteiger partial charge in [-0.15, -0.1) is 0 Å². The summed E-state index contributed by atoms with van der Waals surface area (Å²) in [6.07, 6.45) is 0.810. The molecule has 3 heteroatoms. The van der Waals surface area contributed by atoms with Crippen molar-refractivity contribution in [2.45, 2.75) is 6.42 Å². The third-order valence-corrected chi connectivity index (χ3v) is 3.36. The fourth-order valence-corrected chi connectivity index (χ4v) is 2.38. The molecule has 1 amide bonds. The van der Waals surface area contributed by atoms with Crippen LogP contribution in [0.25, 0.3) is 0 Å². The highest BCUT2D eigenvalue weighted by atomic mass is 16.2. The summed E-state index contributed by atoms with van der Waals surface area (Å²) >= 11 is 0. The number of nitrogens with zero attached hydrogens (tertiary/aromatic N) is 1. The number of carbonyl (C=O) groups excluding carboxylic acids is 2. The Balaban J connectivity index is 1.89. The summed E-state index contributed by atoms with van der Waals surface area (Å²) < 4.78 is 0. The van der Waals surface area contributed by atoms with Crippen molar-refractivity contribution in [1.29, 1.82) is 0 Å². The minimum Gasteiger partial charge on any atom is -0.305 e.